The number of ether oxygens (including phenoxy) is 2. The lowest BCUT2D eigenvalue weighted by Crippen LogP contribution is -2.28. The van der Waals surface area contributed by atoms with Crippen molar-refractivity contribution in [1.82, 2.24) is 0 Å². The van der Waals surface area contributed by atoms with Crippen LogP contribution in [0, 0.1) is 0 Å². The Morgan fingerprint density at radius 3 is 0.812 bits per heavy atom. The van der Waals surface area contributed by atoms with E-state index >= 15 is 0 Å². The molecular weight excluding hydrogens is 981 g/mol. The van der Waals surface area contributed by atoms with Crippen molar-refractivity contribution in [1.29, 1.82) is 0 Å². The molecule has 0 radical (unpaired) electrons. The molecule has 1 unspecified atom stereocenters. The summed E-state index contributed by atoms with van der Waals surface area (Å²) in [5.74, 6) is -0.606. The lowest BCUT2D eigenvalue weighted by molar-refractivity contribution is -0.161. The molecule has 0 aromatic heterocycles. The quantitative estimate of drug-likeness (QED) is 0.0373. The molecule has 0 amide bonds. The first kappa shape index (κ1) is 76.6. The van der Waals surface area contributed by atoms with Crippen LogP contribution in [0.5, 0.6) is 0 Å². The van der Waals surface area contributed by atoms with Gasteiger partial charge in [0.15, 0.2) is 6.10 Å². The van der Waals surface area contributed by atoms with Gasteiger partial charge in [-0.1, -0.05) is 348 Å². The van der Waals surface area contributed by atoms with E-state index in [1.807, 2.05) is 0 Å². The largest absolute Gasteiger partial charge is 0.462 e. The summed E-state index contributed by atoms with van der Waals surface area (Å²) in [6.07, 6.45) is 101. The number of hydrogen-bond donors (Lipinski definition) is 1. The van der Waals surface area contributed by atoms with Crippen LogP contribution >= 0.6 is 0 Å². The predicted molar refractivity (Wildman–Crippen MR) is 352 cm³/mol. The van der Waals surface area contributed by atoms with Crippen LogP contribution in [0.25, 0.3) is 0 Å². The molecule has 0 saturated heterocycles. The molecular formula is C75H130O5. The van der Waals surface area contributed by atoms with Gasteiger partial charge < -0.3 is 14.6 Å². The molecule has 0 saturated carbocycles. The van der Waals surface area contributed by atoms with Gasteiger partial charge in [0, 0.05) is 12.8 Å². The smallest absolute Gasteiger partial charge is 0.306 e. The summed E-state index contributed by atoms with van der Waals surface area (Å²) in [6.45, 7) is 4.05. The molecule has 0 aromatic carbocycles. The molecule has 0 aliphatic carbocycles. The van der Waals surface area contributed by atoms with E-state index < -0.39 is 6.10 Å². The van der Waals surface area contributed by atoms with Gasteiger partial charge >= 0.3 is 11.9 Å². The van der Waals surface area contributed by atoms with Crippen molar-refractivity contribution >= 4 is 11.9 Å². The third-order valence-electron chi connectivity index (χ3n) is 15.1. The van der Waals surface area contributed by atoms with Crippen molar-refractivity contribution in [2.24, 2.45) is 0 Å². The van der Waals surface area contributed by atoms with Crippen LogP contribution in [0.2, 0.25) is 0 Å². The Labute approximate surface area is 497 Å². The number of aliphatic hydroxyl groups is 1. The van der Waals surface area contributed by atoms with Crippen molar-refractivity contribution in [2.75, 3.05) is 13.2 Å². The molecule has 0 spiro atoms. The van der Waals surface area contributed by atoms with Crippen LogP contribution in [0.3, 0.4) is 0 Å². The van der Waals surface area contributed by atoms with Crippen LogP contribution in [0.15, 0.2) is 109 Å². The van der Waals surface area contributed by atoms with Crippen molar-refractivity contribution in [3.05, 3.63) is 109 Å². The Bertz CT molecular complexity index is 1540. The molecule has 0 aromatic rings. The number of carbonyl (C=O) groups excluding carboxylic acids is 2. The fourth-order valence-corrected chi connectivity index (χ4v) is 9.96. The third-order valence-corrected chi connectivity index (χ3v) is 15.1. The first-order chi connectivity index (χ1) is 39.6. The highest BCUT2D eigenvalue weighted by molar-refractivity contribution is 5.70. The van der Waals surface area contributed by atoms with Gasteiger partial charge in [-0.25, -0.2) is 0 Å². The Kier molecular flexibility index (Phi) is 66.8. The normalized spacial score (nSPS) is 12.9. The Balaban J connectivity index is 3.51. The maximum Gasteiger partial charge on any atom is 0.306 e. The number of esters is 2. The van der Waals surface area contributed by atoms with E-state index in [9.17, 15) is 14.7 Å². The average molecular weight is 1110 g/mol. The minimum Gasteiger partial charge on any atom is -0.462 e. The molecule has 5 nitrogen and oxygen atoms in total. The summed E-state index contributed by atoms with van der Waals surface area (Å²) in [5.41, 5.74) is 0. The van der Waals surface area contributed by atoms with Crippen LogP contribution in [-0.4, -0.2) is 36.4 Å². The van der Waals surface area contributed by atoms with E-state index in [2.05, 4.69) is 123 Å². The number of unbranched alkanes of at least 4 members (excludes halogenated alkanes) is 37. The van der Waals surface area contributed by atoms with Crippen LogP contribution in [0.1, 0.15) is 335 Å². The van der Waals surface area contributed by atoms with Crippen molar-refractivity contribution < 1.29 is 24.2 Å². The number of rotatable bonds is 63. The molecule has 0 fully saturated rings. The van der Waals surface area contributed by atoms with Crippen molar-refractivity contribution in [2.45, 2.75) is 341 Å². The molecule has 0 bridgehead atoms. The highest BCUT2D eigenvalue weighted by atomic mass is 16.6. The van der Waals surface area contributed by atoms with E-state index in [1.165, 1.54) is 193 Å². The zero-order chi connectivity index (χ0) is 57.6. The third kappa shape index (κ3) is 67.1. The molecule has 0 heterocycles. The van der Waals surface area contributed by atoms with Gasteiger partial charge in [0.2, 0.25) is 0 Å². The average Bonchev–Trinajstić information content (AvgIpc) is 3.46. The summed E-state index contributed by atoms with van der Waals surface area (Å²) >= 11 is 0. The number of aliphatic hydroxyl groups excluding tert-OH is 1. The lowest BCUT2D eigenvalue weighted by Gasteiger charge is -2.15. The molecule has 0 aliphatic rings. The monoisotopic (exact) mass is 1110 g/mol. The van der Waals surface area contributed by atoms with Crippen molar-refractivity contribution in [3.63, 3.8) is 0 Å². The standard InChI is InChI=1S/C75H130O5/c1-3-5-7-9-11-13-15-17-19-21-23-25-27-29-31-33-35-37-39-41-43-45-47-49-51-53-55-57-59-61-63-65-67-69-74(77)79-72-73(71-76)80-75(78)70-68-66-64-62-60-58-56-54-52-50-48-46-44-42-40-38-36-34-32-30-28-26-24-22-20-18-16-14-12-10-8-6-4-2/h6,8,12,14,18,20,24,26,30,32,36,38,42,44,48,50,54,56,73,76H,3-5,7,9-11,13,15-17,19,21-23,25,27-29,31,33-35,37,39-41,43,45-47,49,51-53,55,57-72H2,1-2H3/b8-6-,14-12-,20-18-,26-24-,32-30-,38-36-,44-42-,50-48-,56-54-. The van der Waals surface area contributed by atoms with Gasteiger partial charge in [0.05, 0.1) is 6.61 Å². The number of carbonyl (C=O) groups is 2. The summed E-state index contributed by atoms with van der Waals surface area (Å²) < 4.78 is 10.7. The highest BCUT2D eigenvalue weighted by Crippen LogP contribution is 2.18. The van der Waals surface area contributed by atoms with Crippen LogP contribution in [-0.2, 0) is 19.1 Å². The van der Waals surface area contributed by atoms with Crippen LogP contribution in [0.4, 0.5) is 0 Å². The highest BCUT2D eigenvalue weighted by Gasteiger charge is 2.16. The lowest BCUT2D eigenvalue weighted by atomic mass is 10.0. The van der Waals surface area contributed by atoms with Gasteiger partial charge in [-0.15, -0.1) is 0 Å². The van der Waals surface area contributed by atoms with Gasteiger partial charge in [0.25, 0.3) is 0 Å². The molecule has 80 heavy (non-hydrogen) atoms. The Morgan fingerprint density at radius 2 is 0.537 bits per heavy atom. The Hall–Kier alpha value is -3.44. The molecule has 0 aliphatic heterocycles. The second-order valence-corrected chi connectivity index (χ2v) is 22.9. The zero-order valence-corrected chi connectivity index (χ0v) is 52.8. The van der Waals surface area contributed by atoms with E-state index in [0.29, 0.717) is 12.8 Å². The van der Waals surface area contributed by atoms with Gasteiger partial charge in [-0.2, -0.15) is 0 Å². The first-order valence-corrected chi connectivity index (χ1v) is 34.4. The minimum atomic E-state index is -0.790. The maximum absolute atomic E-state index is 12.4. The van der Waals surface area contributed by atoms with Gasteiger partial charge in [-0.05, 0) is 83.5 Å². The van der Waals surface area contributed by atoms with E-state index in [4.69, 9.17) is 9.47 Å². The van der Waals surface area contributed by atoms with E-state index in [0.717, 1.165) is 116 Å². The molecule has 5 heteroatoms. The van der Waals surface area contributed by atoms with Crippen molar-refractivity contribution in [3.8, 4) is 0 Å². The predicted octanol–water partition coefficient (Wildman–Crippen LogP) is 24.0. The van der Waals surface area contributed by atoms with Gasteiger partial charge in [0.1, 0.15) is 6.61 Å². The minimum absolute atomic E-state index is 0.0766. The molecule has 460 valence electrons. The van der Waals surface area contributed by atoms with Gasteiger partial charge in [-0.3, -0.25) is 9.59 Å². The van der Waals surface area contributed by atoms with E-state index in [1.54, 1.807) is 0 Å². The molecule has 1 atom stereocenters. The summed E-state index contributed by atoms with van der Waals surface area (Å²) in [7, 11) is 0. The topological polar surface area (TPSA) is 72.8 Å². The summed E-state index contributed by atoms with van der Waals surface area (Å²) in [4.78, 5) is 24.6. The Morgan fingerprint density at radius 1 is 0.300 bits per heavy atom. The number of allylic oxidation sites excluding steroid dienone is 18. The SMILES string of the molecule is CC/C=C\C/C=C\C/C=C\C/C=C\C/C=C\C/C=C\C/C=C\C/C=C\C/C=C\CCCCCCCC(=O)OC(CO)COC(=O)CCCCCCCCCCCCCCCCCCCCCCCCCCCCCCCCCCC. The molecule has 1 N–H and O–H groups in total. The first-order valence-electron chi connectivity index (χ1n) is 34.4. The van der Waals surface area contributed by atoms with Crippen LogP contribution < -0.4 is 0 Å². The second-order valence-electron chi connectivity index (χ2n) is 22.9. The van der Waals surface area contributed by atoms with E-state index in [-0.39, 0.29) is 25.2 Å². The maximum atomic E-state index is 12.4. The fourth-order valence-electron chi connectivity index (χ4n) is 9.96. The summed E-state index contributed by atoms with van der Waals surface area (Å²) in [6, 6.07) is 0. The molecule has 0 rings (SSSR count). The summed E-state index contributed by atoms with van der Waals surface area (Å²) in [5, 5.41) is 9.69. The number of hydrogen-bond acceptors (Lipinski definition) is 5. The fraction of sp³-hybridized carbons (Fsp3) is 0.733. The zero-order valence-electron chi connectivity index (χ0n) is 52.8. The second kappa shape index (κ2) is 69.8.